The van der Waals surface area contributed by atoms with Crippen molar-refractivity contribution in [1.29, 1.82) is 5.41 Å². The quantitative estimate of drug-likeness (QED) is 0.543. The zero-order chi connectivity index (χ0) is 17.8. The first kappa shape index (κ1) is 17.0. The van der Waals surface area contributed by atoms with Crippen LogP contribution in [0, 0.1) is 18.2 Å². The van der Waals surface area contributed by atoms with Crippen LogP contribution < -0.4 is 0 Å². The lowest BCUT2D eigenvalue weighted by molar-refractivity contribution is 0.0563. The second kappa shape index (κ2) is 7.36. The lowest BCUT2D eigenvalue weighted by atomic mass is 10.2. The second-order valence-corrected chi connectivity index (χ2v) is 6.36. The fourth-order valence-electron chi connectivity index (χ4n) is 2.25. The molecule has 126 valence electrons. The number of nitrogens with one attached hydrogen (secondary N) is 1. The Balaban J connectivity index is 1.68. The molecule has 0 radical (unpaired) electrons. The van der Waals surface area contributed by atoms with Crippen LogP contribution in [0.25, 0.3) is 10.6 Å². The summed E-state index contributed by atoms with van der Waals surface area (Å²) in [7, 11) is 0. The molecular weight excluding hydrogens is 339 g/mol. The van der Waals surface area contributed by atoms with Crippen molar-refractivity contribution in [2.75, 3.05) is 6.61 Å². The summed E-state index contributed by atoms with van der Waals surface area (Å²) in [5.74, 6) is -1.01. The Morgan fingerprint density at radius 1 is 1.16 bits per heavy atom. The number of hydrogen-bond donors (Lipinski definition) is 1. The SMILES string of the molecule is Cc1nc(-c2ccccc2)sc1C(=N)COC(=O)c1ccc(F)cc1. The van der Waals surface area contributed by atoms with E-state index in [0.29, 0.717) is 4.88 Å². The second-order valence-electron chi connectivity index (χ2n) is 5.36. The monoisotopic (exact) mass is 354 g/mol. The van der Waals surface area contributed by atoms with Gasteiger partial charge in [0.15, 0.2) is 0 Å². The van der Waals surface area contributed by atoms with Crippen molar-refractivity contribution in [3.8, 4) is 10.6 Å². The Bertz CT molecular complexity index is 905. The Kier molecular flexibility index (Phi) is 5.00. The summed E-state index contributed by atoms with van der Waals surface area (Å²) in [6, 6.07) is 14.8. The number of ether oxygens (including phenoxy) is 1. The maximum atomic E-state index is 12.9. The van der Waals surface area contributed by atoms with E-state index in [1.54, 1.807) is 0 Å². The van der Waals surface area contributed by atoms with E-state index in [4.69, 9.17) is 10.1 Å². The molecule has 1 N–H and O–H groups in total. The molecule has 0 aliphatic heterocycles. The van der Waals surface area contributed by atoms with Gasteiger partial charge in [0.2, 0.25) is 0 Å². The molecule has 6 heteroatoms. The summed E-state index contributed by atoms with van der Waals surface area (Å²) in [4.78, 5) is 17.1. The molecule has 0 spiro atoms. The van der Waals surface area contributed by atoms with Gasteiger partial charge >= 0.3 is 5.97 Å². The molecule has 0 aliphatic carbocycles. The van der Waals surface area contributed by atoms with Crippen molar-refractivity contribution in [3.05, 3.63) is 76.5 Å². The van der Waals surface area contributed by atoms with Crippen LogP contribution in [0.3, 0.4) is 0 Å². The van der Waals surface area contributed by atoms with Crippen LogP contribution in [0.1, 0.15) is 20.9 Å². The molecule has 0 amide bonds. The van der Waals surface area contributed by atoms with Gasteiger partial charge in [0.05, 0.1) is 21.8 Å². The van der Waals surface area contributed by atoms with E-state index in [-0.39, 0.29) is 17.9 Å². The standard InChI is InChI=1S/C19H15FN2O2S/c1-12-17(25-18(22-12)13-5-3-2-4-6-13)16(21)11-24-19(23)14-7-9-15(20)10-8-14/h2-10,21H,11H2,1H3. The fraction of sp³-hybridized carbons (Fsp3) is 0.105. The molecule has 0 saturated carbocycles. The third kappa shape index (κ3) is 3.97. The first-order valence-corrected chi connectivity index (χ1v) is 8.39. The van der Waals surface area contributed by atoms with Crippen LogP contribution in [0.15, 0.2) is 54.6 Å². The lowest BCUT2D eigenvalue weighted by Gasteiger charge is -2.05. The maximum absolute atomic E-state index is 12.9. The molecule has 4 nitrogen and oxygen atoms in total. The van der Waals surface area contributed by atoms with E-state index in [2.05, 4.69) is 4.98 Å². The minimum absolute atomic E-state index is 0.159. The van der Waals surface area contributed by atoms with E-state index in [1.165, 1.54) is 35.6 Å². The molecule has 0 unspecified atom stereocenters. The van der Waals surface area contributed by atoms with Gasteiger partial charge in [-0.3, -0.25) is 0 Å². The Hall–Kier alpha value is -2.86. The van der Waals surface area contributed by atoms with Crippen molar-refractivity contribution in [2.45, 2.75) is 6.92 Å². The number of thiazole rings is 1. The molecule has 0 fully saturated rings. The van der Waals surface area contributed by atoms with Crippen molar-refractivity contribution >= 4 is 23.0 Å². The van der Waals surface area contributed by atoms with Gasteiger partial charge in [-0.1, -0.05) is 30.3 Å². The Morgan fingerprint density at radius 2 is 1.84 bits per heavy atom. The number of carbonyl (C=O) groups is 1. The van der Waals surface area contributed by atoms with E-state index < -0.39 is 11.8 Å². The van der Waals surface area contributed by atoms with Crippen LogP contribution in [-0.2, 0) is 4.74 Å². The number of aromatic nitrogens is 1. The number of aryl methyl sites for hydroxylation is 1. The van der Waals surface area contributed by atoms with Crippen molar-refractivity contribution in [3.63, 3.8) is 0 Å². The van der Waals surface area contributed by atoms with Gasteiger partial charge in [0.1, 0.15) is 17.4 Å². The van der Waals surface area contributed by atoms with Crippen LogP contribution in [0.4, 0.5) is 4.39 Å². The number of halogens is 1. The fourth-order valence-corrected chi connectivity index (χ4v) is 3.26. The summed E-state index contributed by atoms with van der Waals surface area (Å²) in [6.07, 6.45) is 0. The first-order valence-electron chi connectivity index (χ1n) is 7.58. The molecule has 0 bridgehead atoms. The third-order valence-corrected chi connectivity index (χ3v) is 4.79. The number of hydrogen-bond acceptors (Lipinski definition) is 5. The average molecular weight is 354 g/mol. The normalized spacial score (nSPS) is 10.5. The van der Waals surface area contributed by atoms with E-state index >= 15 is 0 Å². The highest BCUT2D eigenvalue weighted by Gasteiger charge is 2.15. The highest BCUT2D eigenvalue weighted by molar-refractivity contribution is 7.17. The van der Waals surface area contributed by atoms with Crippen molar-refractivity contribution < 1.29 is 13.9 Å². The molecular formula is C19H15FN2O2S. The van der Waals surface area contributed by atoms with Crippen molar-refractivity contribution in [1.82, 2.24) is 4.98 Å². The van der Waals surface area contributed by atoms with Gasteiger partial charge in [0, 0.05) is 5.56 Å². The zero-order valence-electron chi connectivity index (χ0n) is 13.5. The highest BCUT2D eigenvalue weighted by Crippen LogP contribution is 2.28. The molecule has 1 heterocycles. The predicted molar refractivity (Wildman–Crippen MR) is 95.8 cm³/mol. The van der Waals surface area contributed by atoms with Crippen LogP contribution >= 0.6 is 11.3 Å². The summed E-state index contributed by atoms with van der Waals surface area (Å²) < 4.78 is 18.0. The van der Waals surface area contributed by atoms with E-state index in [0.717, 1.165) is 16.3 Å². The van der Waals surface area contributed by atoms with Gasteiger partial charge in [-0.2, -0.15) is 0 Å². The van der Waals surface area contributed by atoms with Crippen LogP contribution in [-0.4, -0.2) is 23.3 Å². The first-order chi connectivity index (χ1) is 12.0. The van der Waals surface area contributed by atoms with Gasteiger partial charge in [-0.25, -0.2) is 14.2 Å². The van der Waals surface area contributed by atoms with Crippen LogP contribution in [0.5, 0.6) is 0 Å². The Morgan fingerprint density at radius 3 is 2.52 bits per heavy atom. The maximum Gasteiger partial charge on any atom is 0.338 e. The topological polar surface area (TPSA) is 63.0 Å². The van der Waals surface area contributed by atoms with E-state index in [1.807, 2.05) is 37.3 Å². The molecule has 3 aromatic rings. The molecule has 0 atom stereocenters. The number of nitrogens with zero attached hydrogens (tertiary/aromatic N) is 1. The van der Waals surface area contributed by atoms with E-state index in [9.17, 15) is 9.18 Å². The third-order valence-electron chi connectivity index (χ3n) is 3.52. The van der Waals surface area contributed by atoms with Gasteiger partial charge < -0.3 is 10.1 Å². The molecule has 25 heavy (non-hydrogen) atoms. The van der Waals surface area contributed by atoms with Gasteiger partial charge in [-0.05, 0) is 31.2 Å². The summed E-state index contributed by atoms with van der Waals surface area (Å²) >= 11 is 1.39. The number of rotatable bonds is 5. The minimum atomic E-state index is -0.588. The number of carbonyl (C=O) groups excluding carboxylic acids is 1. The Labute approximate surface area is 148 Å². The summed E-state index contributed by atoms with van der Waals surface area (Å²) in [5, 5.41) is 8.99. The predicted octanol–water partition coefficient (Wildman–Crippen LogP) is 4.48. The molecule has 1 aromatic heterocycles. The molecule has 3 rings (SSSR count). The van der Waals surface area contributed by atoms with Crippen molar-refractivity contribution in [2.24, 2.45) is 0 Å². The minimum Gasteiger partial charge on any atom is -0.456 e. The summed E-state index contributed by atoms with van der Waals surface area (Å²) in [5.41, 5.74) is 2.15. The molecule has 0 aliphatic rings. The average Bonchev–Trinajstić information content (AvgIpc) is 3.02. The lowest BCUT2D eigenvalue weighted by Crippen LogP contribution is -2.14. The molecule has 0 saturated heterocycles. The number of esters is 1. The van der Waals surface area contributed by atoms with Crippen LogP contribution in [0.2, 0.25) is 0 Å². The highest BCUT2D eigenvalue weighted by atomic mass is 32.1. The van der Waals surface area contributed by atoms with Gasteiger partial charge in [0.25, 0.3) is 0 Å². The summed E-state index contributed by atoms with van der Waals surface area (Å²) in [6.45, 7) is 1.67. The largest absolute Gasteiger partial charge is 0.456 e. The molecule has 2 aromatic carbocycles. The van der Waals surface area contributed by atoms with Gasteiger partial charge in [-0.15, -0.1) is 11.3 Å². The smallest absolute Gasteiger partial charge is 0.338 e. The number of benzene rings is 2. The zero-order valence-corrected chi connectivity index (χ0v) is 14.3.